The summed E-state index contributed by atoms with van der Waals surface area (Å²) in [5.74, 6) is 0.885. The Bertz CT molecular complexity index is 970. The normalized spacial score (nSPS) is 14.6. The topological polar surface area (TPSA) is 59.8 Å². The van der Waals surface area contributed by atoms with Crippen LogP contribution in [0.3, 0.4) is 0 Å². The van der Waals surface area contributed by atoms with Crippen LogP contribution in [0.5, 0.6) is 0 Å². The number of hydrogen-bond acceptors (Lipinski definition) is 5. The lowest BCUT2D eigenvalue weighted by Crippen LogP contribution is -2.23. The first kappa shape index (κ1) is 19.1. The van der Waals surface area contributed by atoms with Crippen molar-refractivity contribution in [3.8, 4) is 0 Å². The van der Waals surface area contributed by atoms with Crippen LogP contribution in [0.2, 0.25) is 0 Å². The van der Waals surface area contributed by atoms with E-state index in [4.69, 9.17) is 0 Å². The predicted octanol–water partition coefficient (Wildman–Crippen LogP) is 5.19. The number of nitrogens with zero attached hydrogens (tertiary/aromatic N) is 3. The third-order valence-electron chi connectivity index (χ3n) is 4.51. The molecule has 0 aliphatic heterocycles. The number of aromatic nitrogens is 3. The van der Waals surface area contributed by atoms with Crippen molar-refractivity contribution in [2.75, 3.05) is 5.32 Å². The van der Waals surface area contributed by atoms with Crippen LogP contribution in [0, 0.1) is 6.92 Å². The molecule has 1 N–H and O–H groups in total. The molecular formula is C21H22N4OS2. The van der Waals surface area contributed by atoms with E-state index in [-0.39, 0.29) is 11.2 Å². The third-order valence-corrected chi connectivity index (χ3v) is 6.65. The Morgan fingerprint density at radius 3 is 2.57 bits per heavy atom. The molecule has 0 bridgehead atoms. The molecule has 1 fully saturated rings. The Balaban J connectivity index is 1.45. The Morgan fingerprint density at radius 1 is 1.11 bits per heavy atom. The zero-order valence-corrected chi connectivity index (χ0v) is 17.5. The number of carbonyl (C=O) groups is 1. The average Bonchev–Trinajstić information content (AvgIpc) is 3.47. The van der Waals surface area contributed by atoms with E-state index in [0.29, 0.717) is 6.04 Å². The number of anilines is 1. The van der Waals surface area contributed by atoms with E-state index in [9.17, 15) is 4.79 Å². The lowest BCUT2D eigenvalue weighted by Gasteiger charge is -2.15. The highest BCUT2D eigenvalue weighted by molar-refractivity contribution is 8.00. The number of nitrogens with one attached hydrogen (secondary N) is 1. The molecule has 3 aromatic rings. The van der Waals surface area contributed by atoms with Crippen LogP contribution in [0.4, 0.5) is 5.69 Å². The Hall–Kier alpha value is -2.25. The monoisotopic (exact) mass is 410 g/mol. The molecule has 7 heteroatoms. The van der Waals surface area contributed by atoms with Gasteiger partial charge in [-0.05, 0) is 51.0 Å². The minimum absolute atomic E-state index is 0.0332. The maximum Gasteiger partial charge on any atom is 0.237 e. The lowest BCUT2D eigenvalue weighted by molar-refractivity contribution is -0.115. The van der Waals surface area contributed by atoms with E-state index in [1.54, 1.807) is 11.8 Å². The van der Waals surface area contributed by atoms with Crippen molar-refractivity contribution < 1.29 is 4.79 Å². The second-order valence-corrected chi connectivity index (χ2v) is 9.21. The molecule has 0 radical (unpaired) electrons. The highest BCUT2D eigenvalue weighted by atomic mass is 32.2. The van der Waals surface area contributed by atoms with Crippen molar-refractivity contribution in [1.29, 1.82) is 0 Å². The number of hydrogen-bond donors (Lipinski definition) is 1. The van der Waals surface area contributed by atoms with Gasteiger partial charge in [-0.3, -0.25) is 4.79 Å². The minimum atomic E-state index is -0.268. The molecule has 2 aromatic carbocycles. The number of thioether (sulfide) groups is 1. The van der Waals surface area contributed by atoms with Gasteiger partial charge < -0.3 is 9.88 Å². The first-order valence-corrected chi connectivity index (χ1v) is 11.0. The van der Waals surface area contributed by atoms with Gasteiger partial charge in [0, 0.05) is 15.8 Å². The van der Waals surface area contributed by atoms with Crippen LogP contribution < -0.4 is 5.32 Å². The molecule has 144 valence electrons. The van der Waals surface area contributed by atoms with Crippen molar-refractivity contribution >= 4 is 35.1 Å². The summed E-state index contributed by atoms with van der Waals surface area (Å²) in [5.41, 5.74) is 0.827. The molecule has 1 saturated carbocycles. The molecule has 1 aliphatic rings. The number of carbonyl (C=O) groups excluding carboxylic acids is 1. The second-order valence-electron chi connectivity index (χ2n) is 6.79. The fraction of sp³-hybridized carbons (Fsp3) is 0.286. The van der Waals surface area contributed by atoms with Gasteiger partial charge in [0.25, 0.3) is 0 Å². The van der Waals surface area contributed by atoms with Crippen molar-refractivity contribution in [1.82, 2.24) is 14.8 Å². The minimum Gasteiger partial charge on any atom is -0.324 e. The maximum absolute atomic E-state index is 12.8. The van der Waals surface area contributed by atoms with Gasteiger partial charge >= 0.3 is 0 Å². The van der Waals surface area contributed by atoms with Gasteiger partial charge in [-0.2, -0.15) is 0 Å². The predicted molar refractivity (Wildman–Crippen MR) is 114 cm³/mol. The van der Waals surface area contributed by atoms with E-state index in [1.165, 1.54) is 11.8 Å². The fourth-order valence-electron chi connectivity index (χ4n) is 2.90. The van der Waals surface area contributed by atoms with Crippen LogP contribution in [0.1, 0.15) is 31.6 Å². The van der Waals surface area contributed by atoms with E-state index < -0.39 is 0 Å². The number of benzene rings is 2. The molecule has 1 amide bonds. The molecule has 0 saturated heterocycles. The van der Waals surface area contributed by atoms with Crippen molar-refractivity contribution in [2.24, 2.45) is 0 Å². The summed E-state index contributed by atoms with van der Waals surface area (Å²) in [6, 6.07) is 18.5. The van der Waals surface area contributed by atoms with Gasteiger partial charge in [-0.1, -0.05) is 53.9 Å². The van der Waals surface area contributed by atoms with Crippen LogP contribution in [-0.4, -0.2) is 25.9 Å². The smallest absolute Gasteiger partial charge is 0.237 e. The van der Waals surface area contributed by atoms with Crippen LogP contribution >= 0.6 is 23.5 Å². The largest absolute Gasteiger partial charge is 0.324 e. The molecule has 1 aromatic heterocycles. The highest BCUT2D eigenvalue weighted by Crippen LogP contribution is 2.39. The van der Waals surface area contributed by atoms with E-state index in [1.807, 2.05) is 56.3 Å². The highest BCUT2D eigenvalue weighted by Gasteiger charge is 2.30. The second kappa shape index (κ2) is 8.41. The number of amides is 1. The van der Waals surface area contributed by atoms with Crippen LogP contribution in [0.25, 0.3) is 0 Å². The Morgan fingerprint density at radius 2 is 1.82 bits per heavy atom. The summed E-state index contributed by atoms with van der Waals surface area (Å²) in [7, 11) is 0. The maximum atomic E-state index is 12.8. The summed E-state index contributed by atoms with van der Waals surface area (Å²) in [6.07, 6.45) is 2.33. The summed E-state index contributed by atoms with van der Waals surface area (Å²) in [5, 5.41) is 12.1. The Labute approximate surface area is 173 Å². The van der Waals surface area contributed by atoms with Crippen LogP contribution in [0.15, 0.2) is 69.5 Å². The van der Waals surface area contributed by atoms with Gasteiger partial charge in [0.1, 0.15) is 5.82 Å². The fourth-order valence-corrected chi connectivity index (χ4v) is 4.79. The van der Waals surface area contributed by atoms with E-state index in [2.05, 4.69) is 32.2 Å². The van der Waals surface area contributed by atoms with Crippen LogP contribution in [-0.2, 0) is 4.79 Å². The standard InChI is InChI=1S/C21H22N4OS2/c1-14(27-21-24-23-15(2)25(21)16-12-13-16)20(26)22-18-10-6-7-11-19(18)28-17-8-4-3-5-9-17/h3-11,14,16H,12-13H2,1-2H3,(H,22,26)/t14-/m0/s1. The molecule has 5 nitrogen and oxygen atoms in total. The third kappa shape index (κ3) is 4.42. The number of para-hydroxylation sites is 1. The van der Waals surface area contributed by atoms with Gasteiger partial charge in [-0.15, -0.1) is 10.2 Å². The molecule has 4 rings (SSSR count). The molecule has 1 atom stereocenters. The summed E-state index contributed by atoms with van der Waals surface area (Å²) in [6.45, 7) is 3.88. The van der Waals surface area contributed by atoms with Crippen molar-refractivity contribution in [3.63, 3.8) is 0 Å². The van der Waals surface area contributed by atoms with Gasteiger partial charge in [-0.25, -0.2) is 0 Å². The zero-order chi connectivity index (χ0) is 19.5. The lowest BCUT2D eigenvalue weighted by atomic mass is 10.3. The van der Waals surface area contributed by atoms with E-state index in [0.717, 1.165) is 39.3 Å². The quantitative estimate of drug-likeness (QED) is 0.543. The molecule has 0 spiro atoms. The molecule has 1 heterocycles. The SMILES string of the molecule is Cc1nnc(S[C@@H](C)C(=O)Nc2ccccc2Sc2ccccc2)n1C1CC1. The summed E-state index contributed by atoms with van der Waals surface area (Å²) >= 11 is 3.11. The first-order valence-electron chi connectivity index (χ1n) is 9.33. The molecular weight excluding hydrogens is 388 g/mol. The first-order chi connectivity index (χ1) is 13.6. The van der Waals surface area contributed by atoms with E-state index >= 15 is 0 Å². The van der Waals surface area contributed by atoms with Gasteiger partial charge in [0.15, 0.2) is 5.16 Å². The zero-order valence-electron chi connectivity index (χ0n) is 15.8. The number of rotatable bonds is 7. The average molecular weight is 411 g/mol. The Kier molecular flexibility index (Phi) is 5.73. The molecule has 1 aliphatic carbocycles. The number of aryl methyl sites for hydroxylation is 1. The van der Waals surface area contributed by atoms with Crippen molar-refractivity contribution in [2.45, 2.75) is 52.9 Å². The molecule has 0 unspecified atom stereocenters. The van der Waals surface area contributed by atoms with Crippen molar-refractivity contribution in [3.05, 3.63) is 60.4 Å². The van der Waals surface area contributed by atoms with Gasteiger partial charge in [0.2, 0.25) is 5.91 Å². The van der Waals surface area contributed by atoms with Gasteiger partial charge in [0.05, 0.1) is 10.9 Å². The molecule has 28 heavy (non-hydrogen) atoms. The summed E-state index contributed by atoms with van der Waals surface area (Å²) < 4.78 is 2.16. The summed E-state index contributed by atoms with van der Waals surface area (Å²) in [4.78, 5) is 15.0.